The Labute approximate surface area is 93.2 Å². The fourth-order valence-electron chi connectivity index (χ4n) is 1.21. The van der Waals surface area contributed by atoms with Crippen LogP contribution < -0.4 is 0 Å². The number of esters is 1. The maximum Gasteiger partial charge on any atom is 0.338 e. The SMILES string of the molecule is COC(=O)c1ccccc1/C=C(\C)C(=O)O. The lowest BCUT2D eigenvalue weighted by molar-refractivity contribution is -0.132. The minimum atomic E-state index is -1.01. The predicted octanol–water partition coefficient (Wildman–Crippen LogP) is 1.96. The number of ether oxygens (including phenoxy) is 1. The molecular weight excluding hydrogens is 208 g/mol. The van der Waals surface area contributed by atoms with Gasteiger partial charge in [-0.1, -0.05) is 18.2 Å². The molecule has 4 nitrogen and oxygen atoms in total. The summed E-state index contributed by atoms with van der Waals surface area (Å²) in [6.07, 6.45) is 1.44. The van der Waals surface area contributed by atoms with E-state index in [-0.39, 0.29) is 5.57 Å². The minimum absolute atomic E-state index is 0.163. The van der Waals surface area contributed by atoms with Gasteiger partial charge in [0.15, 0.2) is 0 Å². The van der Waals surface area contributed by atoms with Crippen molar-refractivity contribution in [3.8, 4) is 0 Å². The van der Waals surface area contributed by atoms with Gasteiger partial charge in [0, 0.05) is 5.57 Å². The van der Waals surface area contributed by atoms with Crippen LogP contribution >= 0.6 is 0 Å². The van der Waals surface area contributed by atoms with Crippen molar-refractivity contribution in [2.75, 3.05) is 7.11 Å². The van der Waals surface area contributed by atoms with Gasteiger partial charge < -0.3 is 9.84 Å². The summed E-state index contributed by atoms with van der Waals surface area (Å²) in [4.78, 5) is 22.1. The van der Waals surface area contributed by atoms with Crippen molar-refractivity contribution in [3.05, 3.63) is 41.0 Å². The van der Waals surface area contributed by atoms with Crippen molar-refractivity contribution < 1.29 is 19.4 Å². The summed E-state index contributed by atoms with van der Waals surface area (Å²) in [6.45, 7) is 1.47. The van der Waals surface area contributed by atoms with Gasteiger partial charge in [0.25, 0.3) is 0 Å². The number of methoxy groups -OCH3 is 1. The first-order valence-corrected chi connectivity index (χ1v) is 4.65. The minimum Gasteiger partial charge on any atom is -0.478 e. The van der Waals surface area contributed by atoms with E-state index in [0.29, 0.717) is 11.1 Å². The Hall–Kier alpha value is -2.10. The fraction of sp³-hybridized carbons (Fsp3) is 0.167. The summed E-state index contributed by atoms with van der Waals surface area (Å²) in [5.74, 6) is -1.50. The summed E-state index contributed by atoms with van der Waals surface area (Å²) in [7, 11) is 1.28. The zero-order chi connectivity index (χ0) is 12.1. The molecule has 1 aromatic rings. The summed E-state index contributed by atoms with van der Waals surface area (Å²) in [5.41, 5.74) is 1.05. The zero-order valence-corrected chi connectivity index (χ0v) is 9.06. The van der Waals surface area contributed by atoms with E-state index in [1.54, 1.807) is 24.3 Å². The van der Waals surface area contributed by atoms with E-state index in [1.807, 2.05) is 0 Å². The smallest absolute Gasteiger partial charge is 0.338 e. The quantitative estimate of drug-likeness (QED) is 0.624. The molecule has 0 aromatic heterocycles. The first-order chi connectivity index (χ1) is 7.56. The summed E-state index contributed by atoms with van der Waals surface area (Å²) < 4.78 is 4.60. The number of benzene rings is 1. The third kappa shape index (κ3) is 2.70. The molecule has 0 amide bonds. The second kappa shape index (κ2) is 5.11. The average molecular weight is 220 g/mol. The summed E-state index contributed by atoms with van der Waals surface area (Å²) in [6, 6.07) is 6.68. The molecule has 0 aliphatic rings. The third-order valence-electron chi connectivity index (χ3n) is 2.08. The molecule has 1 rings (SSSR count). The number of carboxylic acid groups (broad SMARTS) is 1. The molecular formula is C12H12O4. The molecule has 1 N–H and O–H groups in total. The highest BCUT2D eigenvalue weighted by Gasteiger charge is 2.10. The zero-order valence-electron chi connectivity index (χ0n) is 9.06. The van der Waals surface area contributed by atoms with Crippen LogP contribution in [0.15, 0.2) is 29.8 Å². The highest BCUT2D eigenvalue weighted by Crippen LogP contribution is 2.14. The maximum absolute atomic E-state index is 11.4. The van der Waals surface area contributed by atoms with Gasteiger partial charge in [-0.05, 0) is 24.6 Å². The molecule has 0 heterocycles. The van der Waals surface area contributed by atoms with Crippen LogP contribution in [0.3, 0.4) is 0 Å². The van der Waals surface area contributed by atoms with Crippen LogP contribution in [-0.4, -0.2) is 24.2 Å². The number of carbonyl (C=O) groups excluding carboxylic acids is 1. The Kier molecular flexibility index (Phi) is 3.83. The van der Waals surface area contributed by atoms with Gasteiger partial charge in [-0.15, -0.1) is 0 Å². The molecule has 0 saturated carbocycles. The van der Waals surface area contributed by atoms with Gasteiger partial charge in [0.05, 0.1) is 12.7 Å². The van der Waals surface area contributed by atoms with E-state index < -0.39 is 11.9 Å². The predicted molar refractivity (Wildman–Crippen MR) is 59.1 cm³/mol. The topological polar surface area (TPSA) is 63.6 Å². The Balaban J connectivity index is 3.19. The number of aliphatic carboxylic acids is 1. The van der Waals surface area contributed by atoms with E-state index in [4.69, 9.17) is 5.11 Å². The van der Waals surface area contributed by atoms with Gasteiger partial charge >= 0.3 is 11.9 Å². The van der Waals surface area contributed by atoms with Crippen molar-refractivity contribution in [1.29, 1.82) is 0 Å². The van der Waals surface area contributed by atoms with Crippen molar-refractivity contribution >= 4 is 18.0 Å². The van der Waals surface area contributed by atoms with Crippen molar-refractivity contribution in [1.82, 2.24) is 0 Å². The number of hydrogen-bond acceptors (Lipinski definition) is 3. The molecule has 0 aliphatic carbocycles. The second-order valence-corrected chi connectivity index (χ2v) is 3.21. The van der Waals surface area contributed by atoms with Gasteiger partial charge in [-0.2, -0.15) is 0 Å². The highest BCUT2D eigenvalue weighted by atomic mass is 16.5. The number of carbonyl (C=O) groups is 2. The van der Waals surface area contributed by atoms with Crippen LogP contribution in [0.4, 0.5) is 0 Å². The average Bonchev–Trinajstić information content (AvgIpc) is 2.28. The first-order valence-electron chi connectivity index (χ1n) is 4.65. The van der Waals surface area contributed by atoms with Gasteiger partial charge in [0.1, 0.15) is 0 Å². The van der Waals surface area contributed by atoms with Gasteiger partial charge in [-0.25, -0.2) is 9.59 Å². The normalized spacial score (nSPS) is 11.0. The van der Waals surface area contributed by atoms with Crippen molar-refractivity contribution in [2.24, 2.45) is 0 Å². The molecule has 0 atom stereocenters. The Bertz CT molecular complexity index is 446. The molecule has 0 radical (unpaired) electrons. The molecule has 0 fully saturated rings. The fourth-order valence-corrected chi connectivity index (χ4v) is 1.21. The largest absolute Gasteiger partial charge is 0.478 e. The lowest BCUT2D eigenvalue weighted by Crippen LogP contribution is -2.04. The first kappa shape index (κ1) is 12.0. The number of rotatable bonds is 3. The summed E-state index contributed by atoms with van der Waals surface area (Å²) in [5, 5.41) is 8.75. The van der Waals surface area contributed by atoms with E-state index in [2.05, 4.69) is 4.74 Å². The molecule has 0 spiro atoms. The molecule has 0 unspecified atom stereocenters. The molecule has 0 bridgehead atoms. The van der Waals surface area contributed by atoms with Crippen molar-refractivity contribution in [3.63, 3.8) is 0 Å². The van der Waals surface area contributed by atoms with E-state index >= 15 is 0 Å². The maximum atomic E-state index is 11.4. The Morgan fingerprint density at radius 2 is 1.94 bits per heavy atom. The van der Waals surface area contributed by atoms with Gasteiger partial charge in [-0.3, -0.25) is 0 Å². The van der Waals surface area contributed by atoms with Crippen LogP contribution in [0.2, 0.25) is 0 Å². The van der Waals surface area contributed by atoms with E-state index in [1.165, 1.54) is 20.1 Å². The Morgan fingerprint density at radius 1 is 1.31 bits per heavy atom. The van der Waals surface area contributed by atoms with E-state index in [9.17, 15) is 9.59 Å². The molecule has 1 aromatic carbocycles. The number of carboxylic acids is 1. The third-order valence-corrected chi connectivity index (χ3v) is 2.08. The Morgan fingerprint density at radius 3 is 2.50 bits per heavy atom. The molecule has 84 valence electrons. The van der Waals surface area contributed by atoms with Crippen molar-refractivity contribution in [2.45, 2.75) is 6.92 Å². The van der Waals surface area contributed by atoms with Crippen LogP contribution in [-0.2, 0) is 9.53 Å². The lowest BCUT2D eigenvalue weighted by Gasteiger charge is -2.03. The highest BCUT2D eigenvalue weighted by molar-refractivity contribution is 5.97. The van der Waals surface area contributed by atoms with E-state index in [0.717, 1.165) is 0 Å². The van der Waals surface area contributed by atoms with Crippen LogP contribution in [0.5, 0.6) is 0 Å². The summed E-state index contributed by atoms with van der Waals surface area (Å²) >= 11 is 0. The standard InChI is InChI=1S/C12H12O4/c1-8(11(13)14)7-9-5-3-4-6-10(9)12(15)16-2/h3-7H,1-2H3,(H,13,14)/b8-7+. The van der Waals surface area contributed by atoms with Gasteiger partial charge in [0.2, 0.25) is 0 Å². The second-order valence-electron chi connectivity index (χ2n) is 3.21. The van der Waals surface area contributed by atoms with Crippen LogP contribution in [0.1, 0.15) is 22.8 Å². The molecule has 0 aliphatic heterocycles. The number of hydrogen-bond donors (Lipinski definition) is 1. The van der Waals surface area contributed by atoms with Crippen LogP contribution in [0, 0.1) is 0 Å². The van der Waals surface area contributed by atoms with Crippen LogP contribution in [0.25, 0.3) is 6.08 Å². The molecule has 16 heavy (non-hydrogen) atoms. The molecule has 4 heteroatoms. The monoisotopic (exact) mass is 220 g/mol. The lowest BCUT2D eigenvalue weighted by atomic mass is 10.1. The molecule has 0 saturated heterocycles.